The van der Waals surface area contributed by atoms with Crippen LogP contribution >= 0.6 is 0 Å². The second-order valence-corrected chi connectivity index (χ2v) is 2.21. The lowest BCUT2D eigenvalue weighted by Gasteiger charge is -1.95. The fourth-order valence-electron chi connectivity index (χ4n) is 0.950. The lowest BCUT2D eigenvalue weighted by atomic mass is 10.2. The molecule has 2 heteroatoms. The normalized spacial score (nSPS) is 13.8. The molecule has 0 spiro atoms. The second-order valence-electron chi connectivity index (χ2n) is 2.21. The van der Waals surface area contributed by atoms with Gasteiger partial charge in [0.15, 0.2) is 0 Å². The van der Waals surface area contributed by atoms with Gasteiger partial charge in [0, 0.05) is 6.42 Å². The Morgan fingerprint density at radius 3 is 1.85 bits per heavy atom. The summed E-state index contributed by atoms with van der Waals surface area (Å²) < 4.78 is 4.86. The first-order valence-corrected chi connectivity index (χ1v) is 5.13. The molecule has 78 valence electrons. The van der Waals surface area contributed by atoms with Crippen molar-refractivity contribution in [3.8, 4) is 0 Å². The maximum Gasteiger partial charge on any atom is 0.315 e. The quantitative estimate of drug-likeness (QED) is 0.584. The van der Waals surface area contributed by atoms with E-state index < -0.39 is 0 Å². The zero-order valence-corrected chi connectivity index (χ0v) is 9.73. The summed E-state index contributed by atoms with van der Waals surface area (Å²) in [5, 5.41) is 0. The van der Waals surface area contributed by atoms with Gasteiger partial charge in [-0.3, -0.25) is 4.79 Å². The van der Waals surface area contributed by atoms with Gasteiger partial charge in [0.2, 0.25) is 0 Å². The van der Waals surface area contributed by atoms with E-state index >= 15 is 0 Å². The molecule has 0 aliphatic carbocycles. The highest BCUT2D eigenvalue weighted by molar-refractivity contribution is 5.76. The molecule has 0 N–H and O–H groups in total. The van der Waals surface area contributed by atoms with Crippen LogP contribution in [-0.4, -0.2) is 5.97 Å². The zero-order valence-electron chi connectivity index (χ0n) is 9.73. The SMILES string of the molecule is CC.CC.CCC1=C(C)CC(=O)O1. The third kappa shape index (κ3) is 5.45. The minimum Gasteiger partial charge on any atom is -0.431 e. The molecule has 0 unspecified atom stereocenters. The number of esters is 1. The number of cyclic esters (lactones) is 1. The van der Waals surface area contributed by atoms with Crippen molar-refractivity contribution in [2.75, 3.05) is 0 Å². The number of hydrogen-bond acceptors (Lipinski definition) is 2. The van der Waals surface area contributed by atoms with E-state index in [1.807, 2.05) is 41.5 Å². The van der Waals surface area contributed by atoms with Gasteiger partial charge in [-0.25, -0.2) is 0 Å². The molecule has 13 heavy (non-hydrogen) atoms. The van der Waals surface area contributed by atoms with E-state index in [1.54, 1.807) is 0 Å². The van der Waals surface area contributed by atoms with Crippen LogP contribution in [0, 0.1) is 0 Å². The third-order valence-electron chi connectivity index (χ3n) is 1.44. The van der Waals surface area contributed by atoms with Gasteiger partial charge in [-0.1, -0.05) is 34.6 Å². The smallest absolute Gasteiger partial charge is 0.315 e. The topological polar surface area (TPSA) is 26.3 Å². The molecular weight excluding hydrogens is 164 g/mol. The molecule has 0 saturated heterocycles. The van der Waals surface area contributed by atoms with E-state index in [0.29, 0.717) is 6.42 Å². The van der Waals surface area contributed by atoms with Gasteiger partial charge in [-0.2, -0.15) is 0 Å². The van der Waals surface area contributed by atoms with Gasteiger partial charge in [0.1, 0.15) is 5.76 Å². The lowest BCUT2D eigenvalue weighted by Crippen LogP contribution is -1.92. The first kappa shape index (κ1) is 14.7. The van der Waals surface area contributed by atoms with Crippen molar-refractivity contribution in [2.45, 2.75) is 54.4 Å². The van der Waals surface area contributed by atoms with Gasteiger partial charge in [-0.05, 0) is 12.5 Å². The van der Waals surface area contributed by atoms with Crippen molar-refractivity contribution in [1.82, 2.24) is 0 Å². The summed E-state index contributed by atoms with van der Waals surface area (Å²) in [5.41, 5.74) is 1.09. The van der Waals surface area contributed by atoms with Crippen molar-refractivity contribution < 1.29 is 9.53 Å². The van der Waals surface area contributed by atoms with Gasteiger partial charge in [0.25, 0.3) is 0 Å². The van der Waals surface area contributed by atoms with Crippen LogP contribution in [0.25, 0.3) is 0 Å². The molecule has 0 atom stereocenters. The van der Waals surface area contributed by atoms with Gasteiger partial charge < -0.3 is 4.74 Å². The molecule has 0 aromatic heterocycles. The number of ether oxygens (including phenoxy) is 1. The summed E-state index contributed by atoms with van der Waals surface area (Å²) in [4.78, 5) is 10.6. The van der Waals surface area contributed by atoms with E-state index in [9.17, 15) is 4.79 Å². The summed E-state index contributed by atoms with van der Waals surface area (Å²) in [7, 11) is 0. The highest BCUT2D eigenvalue weighted by Gasteiger charge is 2.17. The molecule has 0 aromatic carbocycles. The highest BCUT2D eigenvalue weighted by Crippen LogP contribution is 2.21. The van der Waals surface area contributed by atoms with E-state index in [0.717, 1.165) is 17.8 Å². The molecule has 0 amide bonds. The molecule has 0 fully saturated rings. The molecule has 0 bridgehead atoms. The maximum absolute atomic E-state index is 10.6. The Morgan fingerprint density at radius 1 is 1.23 bits per heavy atom. The Hall–Kier alpha value is -0.790. The van der Waals surface area contributed by atoms with Crippen LogP contribution in [0.5, 0.6) is 0 Å². The van der Waals surface area contributed by atoms with Crippen molar-refractivity contribution in [3.05, 3.63) is 11.3 Å². The zero-order chi connectivity index (χ0) is 10.9. The standard InChI is InChI=1S/C7H10O2.2C2H6/c1-3-6-5(2)4-7(8)9-6;2*1-2/h3-4H2,1-2H3;2*1-2H3. The predicted molar refractivity (Wildman–Crippen MR) is 56.4 cm³/mol. The van der Waals surface area contributed by atoms with Gasteiger partial charge in [0.05, 0.1) is 6.42 Å². The summed E-state index contributed by atoms with van der Waals surface area (Å²) in [6.45, 7) is 11.9. The Balaban J connectivity index is 0. The van der Waals surface area contributed by atoms with Crippen molar-refractivity contribution >= 4 is 5.97 Å². The Labute approximate surface area is 82.0 Å². The van der Waals surface area contributed by atoms with Crippen LogP contribution in [0.1, 0.15) is 54.4 Å². The monoisotopic (exact) mass is 186 g/mol. The molecular formula is C11H22O2. The minimum atomic E-state index is -0.107. The van der Waals surface area contributed by atoms with Crippen LogP contribution in [0.15, 0.2) is 11.3 Å². The van der Waals surface area contributed by atoms with Crippen molar-refractivity contribution in [1.29, 1.82) is 0 Å². The van der Waals surface area contributed by atoms with Crippen LogP contribution in [0.3, 0.4) is 0 Å². The number of rotatable bonds is 1. The fourth-order valence-corrected chi connectivity index (χ4v) is 0.950. The van der Waals surface area contributed by atoms with Gasteiger partial charge in [-0.15, -0.1) is 0 Å². The first-order valence-electron chi connectivity index (χ1n) is 5.13. The highest BCUT2D eigenvalue weighted by atomic mass is 16.5. The molecule has 0 saturated carbocycles. The molecule has 1 heterocycles. The molecule has 0 aromatic rings. The van der Waals surface area contributed by atoms with Crippen LogP contribution in [0.2, 0.25) is 0 Å². The summed E-state index contributed by atoms with van der Waals surface area (Å²) >= 11 is 0. The number of carbonyl (C=O) groups is 1. The number of hydrogen-bond donors (Lipinski definition) is 0. The summed E-state index contributed by atoms with van der Waals surface area (Å²) in [5.74, 6) is 0.754. The third-order valence-corrected chi connectivity index (χ3v) is 1.44. The van der Waals surface area contributed by atoms with E-state index in [2.05, 4.69) is 0 Å². The largest absolute Gasteiger partial charge is 0.431 e. The van der Waals surface area contributed by atoms with E-state index in [1.165, 1.54) is 0 Å². The Bertz CT molecular complexity index is 169. The van der Waals surface area contributed by atoms with E-state index in [-0.39, 0.29) is 5.97 Å². The average molecular weight is 186 g/mol. The van der Waals surface area contributed by atoms with Crippen molar-refractivity contribution in [2.24, 2.45) is 0 Å². The van der Waals surface area contributed by atoms with Crippen LogP contribution in [-0.2, 0) is 9.53 Å². The maximum atomic E-state index is 10.6. The molecule has 0 radical (unpaired) electrons. The Kier molecular flexibility index (Phi) is 10.5. The predicted octanol–water partition coefficient (Wildman–Crippen LogP) is 3.67. The second kappa shape index (κ2) is 9.30. The average Bonchev–Trinajstić information content (AvgIpc) is 2.51. The number of carbonyl (C=O) groups excluding carboxylic acids is 1. The lowest BCUT2D eigenvalue weighted by molar-refractivity contribution is -0.136. The molecule has 1 rings (SSSR count). The number of allylic oxidation sites excluding steroid dienone is 1. The molecule has 1 aliphatic rings. The van der Waals surface area contributed by atoms with Gasteiger partial charge >= 0.3 is 5.97 Å². The molecule has 1 aliphatic heterocycles. The Morgan fingerprint density at radius 2 is 1.69 bits per heavy atom. The van der Waals surface area contributed by atoms with Crippen LogP contribution in [0.4, 0.5) is 0 Å². The minimum absolute atomic E-state index is 0.107. The summed E-state index contributed by atoms with van der Waals surface area (Å²) in [6.07, 6.45) is 1.32. The molecule has 2 nitrogen and oxygen atoms in total. The first-order chi connectivity index (χ1) is 6.24. The summed E-state index contributed by atoms with van der Waals surface area (Å²) in [6, 6.07) is 0. The van der Waals surface area contributed by atoms with Crippen LogP contribution < -0.4 is 0 Å². The van der Waals surface area contributed by atoms with Crippen molar-refractivity contribution in [3.63, 3.8) is 0 Å². The fraction of sp³-hybridized carbons (Fsp3) is 0.727. The van der Waals surface area contributed by atoms with E-state index in [4.69, 9.17) is 4.74 Å².